The van der Waals surface area contributed by atoms with Gasteiger partial charge >= 0.3 is 0 Å². The Morgan fingerprint density at radius 1 is 1.17 bits per heavy atom. The quantitative estimate of drug-likeness (QED) is 0.629. The van der Waals surface area contributed by atoms with Gasteiger partial charge in [-0.15, -0.1) is 0 Å². The first-order valence-corrected chi connectivity index (χ1v) is 11.0. The van der Waals surface area contributed by atoms with Crippen molar-refractivity contribution < 1.29 is 13.2 Å². The standard InChI is InChI=1S/C21H20N4O3S/c1-13-16(6-3-7-19(13)25-29(2,27)28)20(26)18-12-24-21-17(18)9-15(11-23-21)14-5-4-8-22-10-14/h3-11,18,25H,12H2,1-2H3,(H,23,24). The van der Waals surface area contributed by atoms with Crippen LogP contribution in [0.5, 0.6) is 0 Å². The molecule has 0 amide bonds. The number of pyridine rings is 2. The molecule has 8 heteroatoms. The number of rotatable bonds is 5. The second kappa shape index (κ2) is 7.29. The zero-order chi connectivity index (χ0) is 20.6. The third-order valence-corrected chi connectivity index (χ3v) is 5.56. The van der Waals surface area contributed by atoms with Gasteiger partial charge in [-0.25, -0.2) is 13.4 Å². The molecule has 0 bridgehead atoms. The Balaban J connectivity index is 1.70. The third kappa shape index (κ3) is 3.84. The van der Waals surface area contributed by atoms with Gasteiger partial charge in [0.2, 0.25) is 10.0 Å². The molecule has 0 saturated heterocycles. The van der Waals surface area contributed by atoms with Gasteiger partial charge in [-0.05, 0) is 30.7 Å². The van der Waals surface area contributed by atoms with Crippen LogP contribution in [0.15, 0.2) is 55.0 Å². The summed E-state index contributed by atoms with van der Waals surface area (Å²) in [5, 5.41) is 3.19. The molecule has 0 radical (unpaired) electrons. The number of aromatic nitrogens is 2. The maximum atomic E-state index is 13.3. The van der Waals surface area contributed by atoms with Crippen molar-refractivity contribution in [3.05, 3.63) is 71.7 Å². The predicted molar refractivity (Wildman–Crippen MR) is 113 cm³/mol. The summed E-state index contributed by atoms with van der Waals surface area (Å²) >= 11 is 0. The second-order valence-corrected chi connectivity index (χ2v) is 8.80. The number of hydrogen-bond donors (Lipinski definition) is 2. The van der Waals surface area contributed by atoms with E-state index in [1.165, 1.54) is 0 Å². The van der Waals surface area contributed by atoms with E-state index >= 15 is 0 Å². The fraction of sp³-hybridized carbons (Fsp3) is 0.190. The summed E-state index contributed by atoms with van der Waals surface area (Å²) in [6.45, 7) is 2.19. The van der Waals surface area contributed by atoms with Gasteiger partial charge in [0.1, 0.15) is 5.82 Å². The Hall–Kier alpha value is -3.26. The van der Waals surface area contributed by atoms with E-state index in [1.807, 2.05) is 18.2 Å². The first-order chi connectivity index (χ1) is 13.8. The van der Waals surface area contributed by atoms with Crippen molar-refractivity contribution in [1.82, 2.24) is 9.97 Å². The maximum Gasteiger partial charge on any atom is 0.229 e. The molecule has 3 heterocycles. The van der Waals surface area contributed by atoms with Crippen LogP contribution in [0.4, 0.5) is 11.5 Å². The fourth-order valence-corrected chi connectivity index (χ4v) is 4.15. The zero-order valence-corrected chi connectivity index (χ0v) is 16.8. The highest BCUT2D eigenvalue weighted by Crippen LogP contribution is 2.36. The van der Waals surface area contributed by atoms with E-state index in [-0.39, 0.29) is 5.78 Å². The van der Waals surface area contributed by atoms with Crippen LogP contribution in [0.2, 0.25) is 0 Å². The lowest BCUT2D eigenvalue weighted by molar-refractivity contribution is 0.0966. The van der Waals surface area contributed by atoms with Gasteiger partial charge in [-0.1, -0.05) is 18.2 Å². The molecule has 0 spiro atoms. The summed E-state index contributed by atoms with van der Waals surface area (Å²) in [5.41, 5.74) is 4.15. The van der Waals surface area contributed by atoms with Crippen LogP contribution in [0, 0.1) is 6.92 Å². The van der Waals surface area contributed by atoms with Crippen LogP contribution in [0.3, 0.4) is 0 Å². The zero-order valence-electron chi connectivity index (χ0n) is 16.0. The molecule has 0 saturated carbocycles. The molecule has 2 aromatic heterocycles. The molecule has 1 aromatic carbocycles. The molecule has 1 aliphatic heterocycles. The number of nitrogens with one attached hydrogen (secondary N) is 2. The topological polar surface area (TPSA) is 101 Å². The number of sulfonamides is 1. The Morgan fingerprint density at radius 2 is 2.00 bits per heavy atom. The molecule has 1 atom stereocenters. The van der Waals surface area contributed by atoms with Gasteiger partial charge < -0.3 is 5.32 Å². The average molecular weight is 408 g/mol. The lowest BCUT2D eigenvalue weighted by atomic mass is 9.89. The Kier molecular flexibility index (Phi) is 4.79. The number of fused-ring (bicyclic) bond motifs is 1. The number of carbonyl (C=O) groups is 1. The van der Waals surface area contributed by atoms with Gasteiger partial charge in [0.15, 0.2) is 5.78 Å². The van der Waals surface area contributed by atoms with Gasteiger partial charge in [0, 0.05) is 47.4 Å². The maximum absolute atomic E-state index is 13.3. The smallest absolute Gasteiger partial charge is 0.229 e. The number of carbonyl (C=O) groups excluding carboxylic acids is 1. The molecule has 1 aliphatic rings. The minimum atomic E-state index is -3.44. The first-order valence-electron chi connectivity index (χ1n) is 9.09. The van der Waals surface area contributed by atoms with Crippen molar-refractivity contribution in [3.8, 4) is 11.1 Å². The van der Waals surface area contributed by atoms with Crippen molar-refractivity contribution in [3.63, 3.8) is 0 Å². The number of anilines is 2. The summed E-state index contributed by atoms with van der Waals surface area (Å²) < 4.78 is 25.7. The van der Waals surface area contributed by atoms with Crippen LogP contribution in [-0.4, -0.2) is 37.0 Å². The number of hydrogen-bond acceptors (Lipinski definition) is 6. The van der Waals surface area contributed by atoms with Crippen LogP contribution in [0.25, 0.3) is 11.1 Å². The molecule has 1 unspecified atom stereocenters. The highest BCUT2D eigenvalue weighted by Gasteiger charge is 2.31. The van der Waals surface area contributed by atoms with Crippen molar-refractivity contribution in [2.24, 2.45) is 0 Å². The first kappa shape index (κ1) is 19.1. The number of benzene rings is 1. The van der Waals surface area contributed by atoms with Gasteiger partial charge in [-0.2, -0.15) is 0 Å². The Morgan fingerprint density at radius 3 is 2.72 bits per heavy atom. The number of Topliss-reactive ketones (excluding diaryl/α,β-unsaturated/α-hetero) is 1. The van der Waals surface area contributed by atoms with Crippen molar-refractivity contribution >= 4 is 27.3 Å². The molecular weight excluding hydrogens is 388 g/mol. The third-order valence-electron chi connectivity index (χ3n) is 4.97. The van der Waals surface area contributed by atoms with E-state index in [0.29, 0.717) is 29.2 Å². The SMILES string of the molecule is Cc1c(NS(C)(=O)=O)cccc1C(=O)C1CNc2ncc(-c3cccnc3)cc21. The largest absolute Gasteiger partial charge is 0.369 e. The molecule has 29 heavy (non-hydrogen) atoms. The summed E-state index contributed by atoms with van der Waals surface area (Å²) in [5.74, 6) is 0.219. The summed E-state index contributed by atoms with van der Waals surface area (Å²) in [6.07, 6.45) is 6.31. The molecule has 3 aromatic rings. The van der Waals surface area contributed by atoms with E-state index in [4.69, 9.17) is 0 Å². The summed E-state index contributed by atoms with van der Waals surface area (Å²) in [6, 6.07) is 10.8. The molecule has 0 aliphatic carbocycles. The predicted octanol–water partition coefficient (Wildman–Crippen LogP) is 3.22. The average Bonchev–Trinajstić information content (AvgIpc) is 3.12. The van der Waals surface area contributed by atoms with E-state index in [0.717, 1.165) is 22.9 Å². The fourth-order valence-electron chi connectivity index (χ4n) is 3.53. The summed E-state index contributed by atoms with van der Waals surface area (Å²) in [4.78, 5) is 21.9. The van der Waals surface area contributed by atoms with Gasteiger partial charge in [0.05, 0.1) is 17.9 Å². The van der Waals surface area contributed by atoms with E-state index in [9.17, 15) is 13.2 Å². The minimum Gasteiger partial charge on any atom is -0.369 e. The van der Waals surface area contributed by atoms with Crippen LogP contribution >= 0.6 is 0 Å². The molecule has 2 N–H and O–H groups in total. The van der Waals surface area contributed by atoms with E-state index in [2.05, 4.69) is 20.0 Å². The van der Waals surface area contributed by atoms with Crippen molar-refractivity contribution in [2.75, 3.05) is 22.8 Å². The summed E-state index contributed by atoms with van der Waals surface area (Å²) in [7, 11) is -3.44. The van der Waals surface area contributed by atoms with Crippen LogP contribution < -0.4 is 10.0 Å². The van der Waals surface area contributed by atoms with E-state index in [1.54, 1.807) is 43.7 Å². The van der Waals surface area contributed by atoms with Crippen LogP contribution in [0.1, 0.15) is 27.4 Å². The number of nitrogens with zero attached hydrogens (tertiary/aromatic N) is 2. The van der Waals surface area contributed by atoms with Crippen molar-refractivity contribution in [1.29, 1.82) is 0 Å². The molecule has 7 nitrogen and oxygen atoms in total. The minimum absolute atomic E-state index is 0.0731. The molecule has 148 valence electrons. The van der Waals surface area contributed by atoms with E-state index < -0.39 is 15.9 Å². The van der Waals surface area contributed by atoms with Crippen LogP contribution in [-0.2, 0) is 10.0 Å². The molecule has 4 rings (SSSR count). The normalized spacial score (nSPS) is 15.4. The lowest BCUT2D eigenvalue weighted by Gasteiger charge is -2.15. The number of ketones is 1. The molecular formula is C21H20N4O3S. The highest BCUT2D eigenvalue weighted by atomic mass is 32.2. The Labute approximate surface area is 169 Å². The van der Waals surface area contributed by atoms with Gasteiger partial charge in [0.25, 0.3) is 0 Å². The monoisotopic (exact) mass is 408 g/mol. The molecule has 0 fully saturated rings. The Bertz CT molecular complexity index is 1190. The van der Waals surface area contributed by atoms with Gasteiger partial charge in [-0.3, -0.25) is 14.5 Å². The van der Waals surface area contributed by atoms with Crippen molar-refractivity contribution in [2.45, 2.75) is 12.8 Å². The highest BCUT2D eigenvalue weighted by molar-refractivity contribution is 7.92. The second-order valence-electron chi connectivity index (χ2n) is 7.05. The lowest BCUT2D eigenvalue weighted by Crippen LogP contribution is -2.17.